The van der Waals surface area contributed by atoms with Crippen LogP contribution in [0.25, 0.3) is 0 Å². The minimum absolute atomic E-state index is 0.174. The van der Waals surface area contributed by atoms with Gasteiger partial charge < -0.3 is 15.4 Å². The van der Waals surface area contributed by atoms with Crippen molar-refractivity contribution in [1.29, 1.82) is 0 Å². The molecule has 2 rings (SSSR count). The van der Waals surface area contributed by atoms with E-state index >= 15 is 0 Å². The SMILES string of the molecule is COCCNc1ccc(C(=O)NCCC2=CCCCC2)nn1. The lowest BCUT2D eigenvalue weighted by atomic mass is 9.97. The van der Waals surface area contributed by atoms with Crippen LogP contribution in [0, 0.1) is 0 Å². The number of hydrogen-bond acceptors (Lipinski definition) is 5. The molecule has 1 heterocycles. The van der Waals surface area contributed by atoms with E-state index in [1.165, 1.54) is 24.8 Å². The third-order valence-electron chi connectivity index (χ3n) is 3.63. The van der Waals surface area contributed by atoms with Crippen LogP contribution in [0.15, 0.2) is 23.8 Å². The van der Waals surface area contributed by atoms with Gasteiger partial charge in [0.25, 0.3) is 5.91 Å². The van der Waals surface area contributed by atoms with Crippen molar-refractivity contribution >= 4 is 11.7 Å². The van der Waals surface area contributed by atoms with Crippen LogP contribution in [-0.4, -0.2) is 42.9 Å². The highest BCUT2D eigenvalue weighted by molar-refractivity contribution is 5.92. The highest BCUT2D eigenvalue weighted by atomic mass is 16.5. The lowest BCUT2D eigenvalue weighted by Crippen LogP contribution is -2.26. The molecule has 0 spiro atoms. The zero-order valence-corrected chi connectivity index (χ0v) is 13.1. The van der Waals surface area contributed by atoms with Crippen molar-refractivity contribution in [3.05, 3.63) is 29.5 Å². The first-order valence-corrected chi connectivity index (χ1v) is 7.82. The van der Waals surface area contributed by atoms with E-state index in [0.29, 0.717) is 31.2 Å². The third-order valence-corrected chi connectivity index (χ3v) is 3.63. The Morgan fingerprint density at radius 1 is 1.27 bits per heavy atom. The fraction of sp³-hybridized carbons (Fsp3) is 0.562. The molecular formula is C16H24N4O2. The number of carbonyl (C=O) groups excluding carboxylic acids is 1. The molecule has 1 amide bonds. The Bertz CT molecular complexity index is 499. The van der Waals surface area contributed by atoms with Gasteiger partial charge in [0, 0.05) is 20.2 Å². The molecule has 1 aliphatic rings. The van der Waals surface area contributed by atoms with E-state index in [9.17, 15) is 4.79 Å². The molecule has 0 aromatic carbocycles. The van der Waals surface area contributed by atoms with E-state index in [2.05, 4.69) is 26.9 Å². The van der Waals surface area contributed by atoms with Crippen molar-refractivity contribution in [2.75, 3.05) is 32.1 Å². The summed E-state index contributed by atoms with van der Waals surface area (Å²) in [6.07, 6.45) is 8.12. The van der Waals surface area contributed by atoms with Crippen molar-refractivity contribution in [1.82, 2.24) is 15.5 Å². The van der Waals surface area contributed by atoms with Gasteiger partial charge in [-0.15, -0.1) is 10.2 Å². The van der Waals surface area contributed by atoms with Crippen LogP contribution in [0.4, 0.5) is 5.82 Å². The van der Waals surface area contributed by atoms with Gasteiger partial charge in [-0.25, -0.2) is 0 Å². The molecule has 120 valence electrons. The van der Waals surface area contributed by atoms with Crippen molar-refractivity contribution in [2.24, 2.45) is 0 Å². The van der Waals surface area contributed by atoms with Crippen molar-refractivity contribution in [2.45, 2.75) is 32.1 Å². The number of ether oxygens (including phenoxy) is 1. The quantitative estimate of drug-likeness (QED) is 0.568. The molecule has 6 nitrogen and oxygen atoms in total. The first-order chi connectivity index (χ1) is 10.8. The fourth-order valence-electron chi connectivity index (χ4n) is 2.39. The molecule has 1 aromatic heterocycles. The first-order valence-electron chi connectivity index (χ1n) is 7.82. The Kier molecular flexibility index (Phi) is 6.83. The molecule has 0 bridgehead atoms. The maximum absolute atomic E-state index is 12.0. The Labute approximate surface area is 131 Å². The van der Waals surface area contributed by atoms with Gasteiger partial charge in [-0.05, 0) is 44.2 Å². The van der Waals surface area contributed by atoms with Gasteiger partial charge in [-0.2, -0.15) is 0 Å². The molecule has 22 heavy (non-hydrogen) atoms. The molecule has 0 fully saturated rings. The fourth-order valence-corrected chi connectivity index (χ4v) is 2.39. The topological polar surface area (TPSA) is 76.1 Å². The van der Waals surface area contributed by atoms with Crippen LogP contribution in [0.2, 0.25) is 0 Å². The average molecular weight is 304 g/mol. The number of amides is 1. The molecular weight excluding hydrogens is 280 g/mol. The number of aromatic nitrogens is 2. The van der Waals surface area contributed by atoms with Crippen LogP contribution < -0.4 is 10.6 Å². The molecule has 6 heteroatoms. The van der Waals surface area contributed by atoms with E-state index in [0.717, 1.165) is 12.8 Å². The van der Waals surface area contributed by atoms with Gasteiger partial charge in [0.05, 0.1) is 6.61 Å². The van der Waals surface area contributed by atoms with E-state index in [-0.39, 0.29) is 5.91 Å². The van der Waals surface area contributed by atoms with Crippen molar-refractivity contribution in [3.8, 4) is 0 Å². The number of hydrogen-bond donors (Lipinski definition) is 2. The summed E-state index contributed by atoms with van der Waals surface area (Å²) < 4.78 is 4.94. The van der Waals surface area contributed by atoms with Crippen LogP contribution in [0.1, 0.15) is 42.6 Å². The predicted octanol–water partition coefficient (Wildman–Crippen LogP) is 2.16. The molecule has 1 aliphatic carbocycles. The third kappa shape index (κ3) is 5.44. The number of carbonyl (C=O) groups is 1. The van der Waals surface area contributed by atoms with Gasteiger partial charge in [0.2, 0.25) is 0 Å². The summed E-state index contributed by atoms with van der Waals surface area (Å²) in [6.45, 7) is 1.91. The highest BCUT2D eigenvalue weighted by Gasteiger charge is 2.09. The molecule has 0 atom stereocenters. The summed E-state index contributed by atoms with van der Waals surface area (Å²) in [4.78, 5) is 12.0. The summed E-state index contributed by atoms with van der Waals surface area (Å²) in [5.74, 6) is 0.466. The van der Waals surface area contributed by atoms with Gasteiger partial charge in [-0.3, -0.25) is 4.79 Å². The number of methoxy groups -OCH3 is 1. The summed E-state index contributed by atoms with van der Waals surface area (Å²) in [7, 11) is 1.64. The predicted molar refractivity (Wildman–Crippen MR) is 85.9 cm³/mol. The normalized spacial score (nSPS) is 14.3. The van der Waals surface area contributed by atoms with E-state index < -0.39 is 0 Å². The number of nitrogens with one attached hydrogen (secondary N) is 2. The first kappa shape index (κ1) is 16.4. The van der Waals surface area contributed by atoms with Crippen molar-refractivity contribution < 1.29 is 9.53 Å². The second-order valence-electron chi connectivity index (χ2n) is 5.34. The molecule has 0 unspecified atom stereocenters. The lowest BCUT2D eigenvalue weighted by molar-refractivity contribution is 0.0948. The van der Waals surface area contributed by atoms with Crippen LogP contribution in [0.5, 0.6) is 0 Å². The van der Waals surface area contributed by atoms with Gasteiger partial charge >= 0.3 is 0 Å². The zero-order chi connectivity index (χ0) is 15.6. The molecule has 0 radical (unpaired) electrons. The van der Waals surface area contributed by atoms with Crippen LogP contribution in [0.3, 0.4) is 0 Å². The molecule has 0 aliphatic heterocycles. The zero-order valence-electron chi connectivity index (χ0n) is 13.1. The van der Waals surface area contributed by atoms with E-state index in [1.54, 1.807) is 19.2 Å². The van der Waals surface area contributed by atoms with Gasteiger partial charge in [0.15, 0.2) is 5.69 Å². The minimum Gasteiger partial charge on any atom is -0.383 e. The minimum atomic E-state index is -0.174. The molecule has 0 saturated heterocycles. The Morgan fingerprint density at radius 3 is 2.86 bits per heavy atom. The Morgan fingerprint density at radius 2 is 2.18 bits per heavy atom. The molecule has 2 N–H and O–H groups in total. The van der Waals surface area contributed by atoms with Crippen LogP contribution in [-0.2, 0) is 4.74 Å². The Balaban J connectivity index is 1.73. The van der Waals surface area contributed by atoms with Gasteiger partial charge in [0.1, 0.15) is 5.82 Å². The summed E-state index contributed by atoms with van der Waals surface area (Å²) >= 11 is 0. The number of anilines is 1. The highest BCUT2D eigenvalue weighted by Crippen LogP contribution is 2.19. The Hall–Kier alpha value is -1.95. The number of allylic oxidation sites excluding steroid dienone is 1. The lowest BCUT2D eigenvalue weighted by Gasteiger charge is -2.12. The van der Waals surface area contributed by atoms with E-state index in [1.807, 2.05) is 0 Å². The standard InChI is InChI=1S/C16H24N4O2/c1-22-12-11-17-15-8-7-14(19-20-15)16(21)18-10-9-13-5-3-2-4-6-13/h5,7-8H,2-4,6,9-12H2,1H3,(H,17,20)(H,18,21). The van der Waals surface area contributed by atoms with E-state index in [4.69, 9.17) is 4.74 Å². The number of rotatable bonds is 8. The smallest absolute Gasteiger partial charge is 0.271 e. The van der Waals surface area contributed by atoms with Gasteiger partial charge in [-0.1, -0.05) is 11.6 Å². The average Bonchev–Trinajstić information content (AvgIpc) is 2.56. The maximum atomic E-state index is 12.0. The largest absolute Gasteiger partial charge is 0.383 e. The second-order valence-corrected chi connectivity index (χ2v) is 5.34. The van der Waals surface area contributed by atoms with Crippen molar-refractivity contribution in [3.63, 3.8) is 0 Å². The summed E-state index contributed by atoms with van der Waals surface area (Å²) in [6, 6.07) is 3.43. The maximum Gasteiger partial charge on any atom is 0.271 e. The second kappa shape index (κ2) is 9.15. The summed E-state index contributed by atoms with van der Waals surface area (Å²) in [5, 5.41) is 13.9. The molecule has 0 saturated carbocycles. The van der Waals surface area contributed by atoms with Crippen LogP contribution >= 0.6 is 0 Å². The monoisotopic (exact) mass is 304 g/mol. The number of nitrogens with zero attached hydrogens (tertiary/aromatic N) is 2. The summed E-state index contributed by atoms with van der Waals surface area (Å²) in [5.41, 5.74) is 1.80. The molecule has 1 aromatic rings.